The molecule has 0 N–H and O–H groups in total. The van der Waals surface area contributed by atoms with E-state index >= 15 is 0 Å². The Kier molecular flexibility index (Phi) is 4.87. The summed E-state index contributed by atoms with van der Waals surface area (Å²) >= 11 is 6.21. The van der Waals surface area contributed by atoms with Crippen LogP contribution in [0.25, 0.3) is 0 Å². The molecule has 0 amide bonds. The van der Waals surface area contributed by atoms with E-state index in [4.69, 9.17) is 16.3 Å². The number of ether oxygens (including phenoxy) is 1. The number of ketones is 1. The summed E-state index contributed by atoms with van der Waals surface area (Å²) in [5, 5.41) is 0.535. The zero-order valence-electron chi connectivity index (χ0n) is 11.6. The van der Waals surface area contributed by atoms with E-state index in [2.05, 4.69) is 6.92 Å². The van der Waals surface area contributed by atoms with Gasteiger partial charge in [-0.1, -0.05) is 24.9 Å². The van der Waals surface area contributed by atoms with Crippen LogP contribution in [0.3, 0.4) is 0 Å². The van der Waals surface area contributed by atoms with Crippen LogP contribution in [0.5, 0.6) is 5.75 Å². The third-order valence-corrected chi connectivity index (χ3v) is 4.28. The standard InChI is InChI=1S/C16H21ClO2/c1-3-12-6-4-5-7-15(12)19-16-9-8-13(11(2)18)10-14(16)17/h8-10,12,15H,3-7H2,1-2H3. The topological polar surface area (TPSA) is 26.3 Å². The Morgan fingerprint density at radius 2 is 2.11 bits per heavy atom. The first-order valence-corrected chi connectivity index (χ1v) is 7.46. The fraction of sp³-hybridized carbons (Fsp3) is 0.562. The van der Waals surface area contributed by atoms with Gasteiger partial charge in [0.1, 0.15) is 11.9 Å². The fourth-order valence-corrected chi connectivity index (χ4v) is 3.00. The SMILES string of the molecule is CCC1CCCCC1Oc1ccc(C(C)=O)cc1Cl. The minimum Gasteiger partial charge on any atom is -0.489 e. The molecule has 1 aromatic carbocycles. The van der Waals surface area contributed by atoms with Crippen molar-refractivity contribution in [2.45, 2.75) is 52.1 Å². The number of Topliss-reactive ketones (excluding diaryl/α,β-unsaturated/α-hetero) is 1. The van der Waals surface area contributed by atoms with Gasteiger partial charge in [0.2, 0.25) is 0 Å². The van der Waals surface area contributed by atoms with Gasteiger partial charge in [-0.3, -0.25) is 4.79 Å². The van der Waals surface area contributed by atoms with Crippen LogP contribution in [0.15, 0.2) is 18.2 Å². The molecular formula is C16H21ClO2. The molecule has 1 aliphatic carbocycles. The molecule has 104 valence electrons. The summed E-state index contributed by atoms with van der Waals surface area (Å²) in [5.74, 6) is 1.35. The maximum atomic E-state index is 11.3. The van der Waals surface area contributed by atoms with Crippen LogP contribution < -0.4 is 4.74 Å². The van der Waals surface area contributed by atoms with Crippen LogP contribution in [0.2, 0.25) is 5.02 Å². The Hall–Kier alpha value is -1.02. The highest BCUT2D eigenvalue weighted by molar-refractivity contribution is 6.32. The number of benzene rings is 1. The van der Waals surface area contributed by atoms with Gasteiger partial charge in [0.25, 0.3) is 0 Å². The third kappa shape index (κ3) is 3.50. The van der Waals surface area contributed by atoms with E-state index in [1.807, 2.05) is 6.07 Å². The van der Waals surface area contributed by atoms with Crippen molar-refractivity contribution in [3.8, 4) is 5.75 Å². The van der Waals surface area contributed by atoms with Crippen LogP contribution in [0.1, 0.15) is 56.3 Å². The van der Waals surface area contributed by atoms with Crippen molar-refractivity contribution < 1.29 is 9.53 Å². The zero-order valence-corrected chi connectivity index (χ0v) is 12.4. The fourth-order valence-electron chi connectivity index (χ4n) is 2.77. The molecule has 19 heavy (non-hydrogen) atoms. The molecule has 0 radical (unpaired) electrons. The highest BCUT2D eigenvalue weighted by Crippen LogP contribution is 2.33. The Morgan fingerprint density at radius 1 is 1.37 bits per heavy atom. The molecule has 1 aliphatic rings. The first-order chi connectivity index (χ1) is 9.11. The van der Waals surface area contributed by atoms with Gasteiger partial charge in [-0.15, -0.1) is 0 Å². The Balaban J connectivity index is 2.11. The van der Waals surface area contributed by atoms with Crippen LogP contribution in [-0.2, 0) is 0 Å². The van der Waals surface area contributed by atoms with Crippen LogP contribution in [-0.4, -0.2) is 11.9 Å². The number of halogens is 1. The molecule has 1 aromatic rings. The predicted octanol–water partition coefficient (Wildman–Crippen LogP) is 4.89. The normalized spacial score (nSPS) is 23.1. The lowest BCUT2D eigenvalue weighted by Gasteiger charge is -2.31. The van der Waals surface area contributed by atoms with Gasteiger partial charge < -0.3 is 4.74 Å². The van der Waals surface area contributed by atoms with Crippen molar-refractivity contribution in [1.82, 2.24) is 0 Å². The van der Waals surface area contributed by atoms with Crippen molar-refractivity contribution in [2.24, 2.45) is 5.92 Å². The molecule has 0 heterocycles. The summed E-state index contributed by atoms with van der Waals surface area (Å²) in [6, 6.07) is 5.30. The number of rotatable bonds is 4. The Labute approximate surface area is 120 Å². The zero-order chi connectivity index (χ0) is 13.8. The molecular weight excluding hydrogens is 260 g/mol. The van der Waals surface area contributed by atoms with E-state index in [0.717, 1.165) is 12.8 Å². The number of carbonyl (C=O) groups is 1. The molecule has 1 saturated carbocycles. The average Bonchev–Trinajstić information content (AvgIpc) is 2.41. The average molecular weight is 281 g/mol. The molecule has 2 unspecified atom stereocenters. The van der Waals surface area contributed by atoms with E-state index in [1.54, 1.807) is 19.1 Å². The molecule has 2 rings (SSSR count). The molecule has 2 nitrogen and oxygen atoms in total. The van der Waals surface area contributed by atoms with Gasteiger partial charge in [-0.05, 0) is 56.7 Å². The lowest BCUT2D eigenvalue weighted by molar-refractivity contribution is 0.0904. The lowest BCUT2D eigenvalue weighted by atomic mass is 9.85. The molecule has 0 spiro atoms. The predicted molar refractivity (Wildman–Crippen MR) is 78.1 cm³/mol. The first-order valence-electron chi connectivity index (χ1n) is 7.09. The quantitative estimate of drug-likeness (QED) is 0.734. The summed E-state index contributed by atoms with van der Waals surface area (Å²) in [4.78, 5) is 11.3. The van der Waals surface area contributed by atoms with Crippen molar-refractivity contribution in [3.63, 3.8) is 0 Å². The summed E-state index contributed by atoms with van der Waals surface area (Å²) in [5.41, 5.74) is 0.632. The molecule has 3 heteroatoms. The monoisotopic (exact) mass is 280 g/mol. The first kappa shape index (κ1) is 14.4. The van der Waals surface area contributed by atoms with Gasteiger partial charge in [-0.2, -0.15) is 0 Å². The number of hydrogen-bond acceptors (Lipinski definition) is 2. The van der Waals surface area contributed by atoms with Gasteiger partial charge in [0.15, 0.2) is 5.78 Å². The smallest absolute Gasteiger partial charge is 0.159 e. The summed E-state index contributed by atoms with van der Waals surface area (Å²) in [7, 11) is 0. The summed E-state index contributed by atoms with van der Waals surface area (Å²) in [6.45, 7) is 3.76. The van der Waals surface area contributed by atoms with Crippen LogP contribution in [0, 0.1) is 5.92 Å². The van der Waals surface area contributed by atoms with Crippen molar-refractivity contribution in [2.75, 3.05) is 0 Å². The van der Waals surface area contributed by atoms with Crippen LogP contribution in [0.4, 0.5) is 0 Å². The third-order valence-electron chi connectivity index (χ3n) is 3.98. The molecule has 0 aliphatic heterocycles. The van der Waals surface area contributed by atoms with Crippen molar-refractivity contribution in [3.05, 3.63) is 28.8 Å². The Morgan fingerprint density at radius 3 is 2.74 bits per heavy atom. The van der Waals surface area contributed by atoms with Gasteiger partial charge in [0.05, 0.1) is 5.02 Å². The van der Waals surface area contributed by atoms with E-state index in [9.17, 15) is 4.79 Å². The van der Waals surface area contributed by atoms with E-state index in [-0.39, 0.29) is 11.9 Å². The number of hydrogen-bond donors (Lipinski definition) is 0. The second-order valence-electron chi connectivity index (χ2n) is 5.31. The van der Waals surface area contributed by atoms with Gasteiger partial charge in [-0.25, -0.2) is 0 Å². The maximum Gasteiger partial charge on any atom is 0.159 e. The maximum absolute atomic E-state index is 11.3. The highest BCUT2D eigenvalue weighted by atomic mass is 35.5. The van der Waals surface area contributed by atoms with Gasteiger partial charge in [0, 0.05) is 5.56 Å². The molecule has 2 atom stereocenters. The van der Waals surface area contributed by atoms with E-state index in [1.165, 1.54) is 19.3 Å². The second-order valence-corrected chi connectivity index (χ2v) is 5.72. The minimum atomic E-state index is 0.0255. The minimum absolute atomic E-state index is 0.0255. The molecule has 1 fully saturated rings. The molecule has 0 bridgehead atoms. The lowest BCUT2D eigenvalue weighted by Crippen LogP contribution is -2.30. The molecule has 0 saturated heterocycles. The molecule has 0 aromatic heterocycles. The number of carbonyl (C=O) groups excluding carboxylic acids is 1. The Bertz CT molecular complexity index is 456. The largest absolute Gasteiger partial charge is 0.489 e. The van der Waals surface area contributed by atoms with Crippen molar-refractivity contribution in [1.29, 1.82) is 0 Å². The summed E-state index contributed by atoms with van der Waals surface area (Å²) < 4.78 is 6.08. The van der Waals surface area contributed by atoms with E-state index in [0.29, 0.717) is 22.3 Å². The highest BCUT2D eigenvalue weighted by Gasteiger charge is 2.25. The van der Waals surface area contributed by atoms with E-state index < -0.39 is 0 Å². The summed E-state index contributed by atoms with van der Waals surface area (Å²) in [6.07, 6.45) is 6.28. The van der Waals surface area contributed by atoms with Gasteiger partial charge >= 0.3 is 0 Å². The van der Waals surface area contributed by atoms with Crippen LogP contribution >= 0.6 is 11.6 Å². The second kappa shape index (κ2) is 6.42. The van der Waals surface area contributed by atoms with Crippen molar-refractivity contribution >= 4 is 17.4 Å².